The van der Waals surface area contributed by atoms with Crippen LogP contribution in [0.15, 0.2) is 91.1 Å². The molecule has 0 aliphatic heterocycles. The number of non-ortho nitro benzene ring substituents is 1. The standard InChI is InChI=1S/C24H20N4O3/c1-26(17-18-10-12-20(13-11-18)19-6-3-2-4-7-19)24(29)23-14-15-27(25-23)21-8-5-9-22(16-21)28(30)31/h2-16H,17H2,1H3. The van der Waals surface area contributed by atoms with E-state index in [1.807, 2.05) is 42.5 Å². The molecular weight excluding hydrogens is 392 g/mol. The zero-order chi connectivity index (χ0) is 21.8. The summed E-state index contributed by atoms with van der Waals surface area (Å²) in [5.74, 6) is -0.226. The lowest BCUT2D eigenvalue weighted by molar-refractivity contribution is -0.384. The van der Waals surface area contributed by atoms with Crippen LogP contribution in [-0.4, -0.2) is 32.6 Å². The van der Waals surface area contributed by atoms with Crippen LogP contribution in [0.4, 0.5) is 5.69 Å². The van der Waals surface area contributed by atoms with Gasteiger partial charge in [-0.2, -0.15) is 5.10 Å². The number of rotatable bonds is 6. The lowest BCUT2D eigenvalue weighted by Gasteiger charge is -2.16. The summed E-state index contributed by atoms with van der Waals surface area (Å²) in [6.45, 7) is 0.442. The fourth-order valence-electron chi connectivity index (χ4n) is 3.31. The van der Waals surface area contributed by atoms with Crippen molar-refractivity contribution < 1.29 is 9.72 Å². The van der Waals surface area contributed by atoms with E-state index in [0.717, 1.165) is 16.7 Å². The molecule has 3 aromatic carbocycles. The predicted molar refractivity (Wildman–Crippen MR) is 118 cm³/mol. The van der Waals surface area contributed by atoms with Crippen LogP contribution in [0.2, 0.25) is 0 Å². The lowest BCUT2D eigenvalue weighted by atomic mass is 10.0. The fraction of sp³-hybridized carbons (Fsp3) is 0.0833. The number of benzene rings is 3. The van der Waals surface area contributed by atoms with Crippen LogP contribution in [0, 0.1) is 10.1 Å². The number of hydrogen-bond acceptors (Lipinski definition) is 4. The molecule has 0 bridgehead atoms. The number of carbonyl (C=O) groups is 1. The molecule has 7 heteroatoms. The molecule has 0 radical (unpaired) electrons. The Morgan fingerprint density at radius 3 is 2.39 bits per heavy atom. The minimum atomic E-state index is -0.462. The molecule has 0 saturated heterocycles. The average Bonchev–Trinajstić information content (AvgIpc) is 3.30. The molecule has 154 valence electrons. The van der Waals surface area contributed by atoms with Crippen LogP contribution < -0.4 is 0 Å². The highest BCUT2D eigenvalue weighted by Crippen LogP contribution is 2.20. The van der Waals surface area contributed by atoms with Crippen molar-refractivity contribution in [2.24, 2.45) is 0 Å². The Labute approximate surface area is 179 Å². The molecule has 1 heterocycles. The molecule has 1 amide bonds. The second-order valence-corrected chi connectivity index (χ2v) is 7.15. The van der Waals surface area contributed by atoms with Gasteiger partial charge in [0.2, 0.25) is 0 Å². The summed E-state index contributed by atoms with van der Waals surface area (Å²) >= 11 is 0. The first-order valence-electron chi connectivity index (χ1n) is 9.71. The van der Waals surface area contributed by atoms with E-state index in [1.165, 1.54) is 16.8 Å². The van der Waals surface area contributed by atoms with Crippen molar-refractivity contribution >= 4 is 11.6 Å². The zero-order valence-corrected chi connectivity index (χ0v) is 16.9. The summed E-state index contributed by atoms with van der Waals surface area (Å²) in [7, 11) is 1.72. The number of nitro benzene ring substituents is 1. The summed E-state index contributed by atoms with van der Waals surface area (Å²) in [4.78, 5) is 24.9. The largest absolute Gasteiger partial charge is 0.336 e. The van der Waals surface area contributed by atoms with E-state index in [0.29, 0.717) is 12.2 Å². The maximum Gasteiger partial charge on any atom is 0.274 e. The van der Waals surface area contributed by atoms with Crippen molar-refractivity contribution in [3.63, 3.8) is 0 Å². The number of carbonyl (C=O) groups excluding carboxylic acids is 1. The van der Waals surface area contributed by atoms with E-state index in [-0.39, 0.29) is 17.3 Å². The first-order valence-corrected chi connectivity index (χ1v) is 9.71. The maximum absolute atomic E-state index is 12.8. The van der Waals surface area contributed by atoms with Crippen molar-refractivity contribution in [3.05, 3.63) is 112 Å². The highest BCUT2D eigenvalue weighted by atomic mass is 16.6. The van der Waals surface area contributed by atoms with E-state index in [1.54, 1.807) is 36.3 Å². The van der Waals surface area contributed by atoms with Crippen LogP contribution in [0.5, 0.6) is 0 Å². The number of hydrogen-bond donors (Lipinski definition) is 0. The minimum absolute atomic E-state index is 0.0306. The van der Waals surface area contributed by atoms with Crippen molar-refractivity contribution in [3.8, 4) is 16.8 Å². The Kier molecular flexibility index (Phi) is 5.57. The molecule has 4 rings (SSSR count). The number of aromatic nitrogens is 2. The third kappa shape index (κ3) is 4.51. The van der Waals surface area contributed by atoms with Gasteiger partial charge in [-0.05, 0) is 28.8 Å². The topological polar surface area (TPSA) is 81.3 Å². The van der Waals surface area contributed by atoms with E-state index in [2.05, 4.69) is 17.2 Å². The Morgan fingerprint density at radius 2 is 1.68 bits per heavy atom. The maximum atomic E-state index is 12.8. The Hall–Kier alpha value is -4.26. The Bertz CT molecular complexity index is 1220. The van der Waals surface area contributed by atoms with Crippen LogP contribution >= 0.6 is 0 Å². The highest BCUT2D eigenvalue weighted by Gasteiger charge is 2.16. The van der Waals surface area contributed by atoms with Gasteiger partial charge in [0, 0.05) is 31.9 Å². The number of nitrogens with zero attached hydrogens (tertiary/aromatic N) is 4. The smallest absolute Gasteiger partial charge is 0.274 e. The van der Waals surface area contributed by atoms with Gasteiger partial charge in [-0.3, -0.25) is 14.9 Å². The van der Waals surface area contributed by atoms with Gasteiger partial charge in [-0.1, -0.05) is 60.7 Å². The minimum Gasteiger partial charge on any atom is -0.336 e. The summed E-state index contributed by atoms with van der Waals surface area (Å²) in [5.41, 5.74) is 4.03. The van der Waals surface area contributed by atoms with E-state index < -0.39 is 4.92 Å². The molecular formula is C24H20N4O3. The van der Waals surface area contributed by atoms with Gasteiger partial charge in [0.15, 0.2) is 5.69 Å². The molecule has 0 fully saturated rings. The molecule has 7 nitrogen and oxygen atoms in total. The summed E-state index contributed by atoms with van der Waals surface area (Å²) in [6, 6.07) is 25.9. The van der Waals surface area contributed by atoms with Gasteiger partial charge in [0.1, 0.15) is 0 Å². The molecule has 0 atom stereocenters. The molecule has 0 spiro atoms. The van der Waals surface area contributed by atoms with Gasteiger partial charge in [0.05, 0.1) is 10.6 Å². The Morgan fingerprint density at radius 1 is 0.968 bits per heavy atom. The first kappa shape index (κ1) is 20.0. The van der Waals surface area contributed by atoms with Gasteiger partial charge >= 0.3 is 0 Å². The van der Waals surface area contributed by atoms with E-state index in [9.17, 15) is 14.9 Å². The molecule has 0 N–H and O–H groups in total. The second kappa shape index (κ2) is 8.62. The lowest BCUT2D eigenvalue weighted by Crippen LogP contribution is -2.26. The number of amides is 1. The van der Waals surface area contributed by atoms with Gasteiger partial charge in [-0.15, -0.1) is 0 Å². The summed E-state index contributed by atoms with van der Waals surface area (Å²) in [5, 5.41) is 15.3. The Balaban J connectivity index is 1.45. The quantitative estimate of drug-likeness (QED) is 0.339. The second-order valence-electron chi connectivity index (χ2n) is 7.15. The third-order valence-corrected chi connectivity index (χ3v) is 4.94. The van der Waals surface area contributed by atoms with E-state index in [4.69, 9.17) is 0 Å². The van der Waals surface area contributed by atoms with Crippen LogP contribution in [0.25, 0.3) is 16.8 Å². The van der Waals surface area contributed by atoms with E-state index >= 15 is 0 Å². The molecule has 1 aromatic heterocycles. The van der Waals surface area contributed by atoms with Gasteiger partial charge in [0.25, 0.3) is 11.6 Å². The molecule has 31 heavy (non-hydrogen) atoms. The van der Waals surface area contributed by atoms with Crippen LogP contribution in [0.1, 0.15) is 16.1 Å². The normalized spacial score (nSPS) is 10.6. The van der Waals surface area contributed by atoms with Gasteiger partial charge < -0.3 is 4.90 Å². The monoisotopic (exact) mass is 412 g/mol. The zero-order valence-electron chi connectivity index (χ0n) is 16.9. The predicted octanol–water partition coefficient (Wildman–Crippen LogP) is 4.72. The van der Waals surface area contributed by atoms with Crippen LogP contribution in [0.3, 0.4) is 0 Å². The average molecular weight is 412 g/mol. The highest BCUT2D eigenvalue weighted by molar-refractivity contribution is 5.92. The molecule has 0 unspecified atom stereocenters. The van der Waals surface area contributed by atoms with Gasteiger partial charge in [-0.25, -0.2) is 4.68 Å². The fourth-order valence-corrected chi connectivity index (χ4v) is 3.31. The SMILES string of the molecule is CN(Cc1ccc(-c2ccccc2)cc1)C(=O)c1ccn(-c2cccc([N+](=O)[O-])c2)n1. The summed E-state index contributed by atoms with van der Waals surface area (Å²) < 4.78 is 1.46. The molecule has 0 saturated carbocycles. The van der Waals surface area contributed by atoms with Crippen LogP contribution in [-0.2, 0) is 6.54 Å². The molecule has 0 aliphatic rings. The number of nitro groups is 1. The van der Waals surface area contributed by atoms with Crippen molar-refractivity contribution in [2.75, 3.05) is 7.05 Å². The van der Waals surface area contributed by atoms with Crippen molar-refractivity contribution in [1.29, 1.82) is 0 Å². The third-order valence-electron chi connectivity index (χ3n) is 4.94. The first-order chi connectivity index (χ1) is 15.0. The molecule has 0 aliphatic carbocycles. The van der Waals surface area contributed by atoms with Crippen molar-refractivity contribution in [1.82, 2.24) is 14.7 Å². The molecule has 4 aromatic rings. The van der Waals surface area contributed by atoms with Crippen molar-refractivity contribution in [2.45, 2.75) is 6.54 Å². The summed E-state index contributed by atoms with van der Waals surface area (Å²) in [6.07, 6.45) is 1.62.